The van der Waals surface area contributed by atoms with Crippen molar-refractivity contribution in [2.45, 2.75) is 52.0 Å². The van der Waals surface area contributed by atoms with Gasteiger partial charge in [0, 0.05) is 6.04 Å². The topological polar surface area (TPSA) is 35.2 Å². The highest BCUT2D eigenvalue weighted by atomic mass is 16.5. The van der Waals surface area contributed by atoms with E-state index in [2.05, 4.69) is 26.0 Å². The molecule has 0 fully saturated rings. The number of benzene rings is 1. The predicted octanol–water partition coefficient (Wildman–Crippen LogP) is 3.78. The van der Waals surface area contributed by atoms with E-state index in [1.54, 1.807) is 7.11 Å². The Hall–Kier alpha value is -1.02. The second kappa shape index (κ2) is 8.15. The summed E-state index contributed by atoms with van der Waals surface area (Å²) in [6.45, 7) is 4.53. The first kappa shape index (κ1) is 15.0. The molecule has 0 saturated carbocycles. The van der Waals surface area contributed by atoms with E-state index < -0.39 is 0 Å². The molecule has 0 aromatic heterocycles. The molecule has 0 aliphatic rings. The largest absolute Gasteiger partial charge is 0.497 e. The first-order valence-corrected chi connectivity index (χ1v) is 7.00. The highest BCUT2D eigenvalue weighted by molar-refractivity contribution is 5.27. The lowest BCUT2D eigenvalue weighted by molar-refractivity contribution is 0.414. The lowest BCUT2D eigenvalue weighted by Gasteiger charge is -2.12. The van der Waals surface area contributed by atoms with Crippen LogP contribution in [-0.4, -0.2) is 13.2 Å². The zero-order valence-corrected chi connectivity index (χ0v) is 12.0. The monoisotopic (exact) mass is 249 g/mol. The lowest BCUT2D eigenvalue weighted by Crippen LogP contribution is -2.20. The average molecular weight is 249 g/mol. The molecule has 0 aliphatic heterocycles. The molecule has 102 valence electrons. The summed E-state index contributed by atoms with van der Waals surface area (Å²) in [7, 11) is 1.69. The van der Waals surface area contributed by atoms with E-state index in [0.717, 1.165) is 30.9 Å². The van der Waals surface area contributed by atoms with Crippen LogP contribution >= 0.6 is 0 Å². The van der Waals surface area contributed by atoms with Crippen molar-refractivity contribution in [3.8, 4) is 5.75 Å². The number of aryl methyl sites for hydroxylation is 1. The third-order valence-electron chi connectivity index (χ3n) is 3.32. The Balaban J connectivity index is 2.22. The van der Waals surface area contributed by atoms with Gasteiger partial charge in [0.25, 0.3) is 0 Å². The van der Waals surface area contributed by atoms with Crippen LogP contribution in [-0.2, 0) is 6.42 Å². The Kier molecular flexibility index (Phi) is 6.81. The summed E-state index contributed by atoms with van der Waals surface area (Å²) in [6, 6.07) is 8.62. The lowest BCUT2D eigenvalue weighted by atomic mass is 9.99. The smallest absolute Gasteiger partial charge is 0.118 e. The third-order valence-corrected chi connectivity index (χ3v) is 3.32. The molecule has 2 nitrogen and oxygen atoms in total. The Morgan fingerprint density at radius 3 is 2.28 bits per heavy atom. The van der Waals surface area contributed by atoms with Gasteiger partial charge in [-0.05, 0) is 42.9 Å². The minimum Gasteiger partial charge on any atom is -0.497 e. The van der Waals surface area contributed by atoms with Gasteiger partial charge in [0.2, 0.25) is 0 Å². The van der Waals surface area contributed by atoms with Crippen molar-refractivity contribution < 1.29 is 4.74 Å². The zero-order chi connectivity index (χ0) is 13.4. The van der Waals surface area contributed by atoms with Gasteiger partial charge in [-0.3, -0.25) is 0 Å². The van der Waals surface area contributed by atoms with E-state index in [4.69, 9.17) is 10.5 Å². The summed E-state index contributed by atoms with van der Waals surface area (Å²) in [5.74, 6) is 1.71. The highest BCUT2D eigenvalue weighted by Gasteiger charge is 2.04. The van der Waals surface area contributed by atoms with E-state index in [9.17, 15) is 0 Å². The molecule has 2 heteroatoms. The molecule has 0 amide bonds. The molecule has 1 rings (SSSR count). The van der Waals surface area contributed by atoms with Crippen LogP contribution in [0, 0.1) is 5.92 Å². The number of rotatable bonds is 8. The van der Waals surface area contributed by atoms with Crippen LogP contribution in [0.3, 0.4) is 0 Å². The molecular formula is C16H27NO. The predicted molar refractivity (Wildman–Crippen MR) is 78.0 cm³/mol. The SMILES string of the molecule is COc1ccc(CCC(N)CCCC(C)C)cc1. The maximum absolute atomic E-state index is 6.14. The van der Waals surface area contributed by atoms with Gasteiger partial charge in [-0.25, -0.2) is 0 Å². The zero-order valence-electron chi connectivity index (χ0n) is 12.0. The van der Waals surface area contributed by atoms with Crippen LogP contribution in [0.5, 0.6) is 5.75 Å². The minimum atomic E-state index is 0.339. The van der Waals surface area contributed by atoms with Gasteiger partial charge in [-0.1, -0.05) is 38.8 Å². The van der Waals surface area contributed by atoms with Gasteiger partial charge in [0.05, 0.1) is 7.11 Å². The van der Waals surface area contributed by atoms with E-state index in [0.29, 0.717) is 6.04 Å². The molecule has 1 atom stereocenters. The van der Waals surface area contributed by atoms with E-state index in [1.807, 2.05) is 12.1 Å². The van der Waals surface area contributed by atoms with Gasteiger partial charge >= 0.3 is 0 Å². The first-order valence-electron chi connectivity index (χ1n) is 7.00. The average Bonchev–Trinajstić information content (AvgIpc) is 2.36. The van der Waals surface area contributed by atoms with Crippen LogP contribution in [0.15, 0.2) is 24.3 Å². The molecule has 1 aromatic rings. The van der Waals surface area contributed by atoms with Crippen molar-refractivity contribution in [3.63, 3.8) is 0 Å². The van der Waals surface area contributed by atoms with Crippen LogP contribution < -0.4 is 10.5 Å². The molecule has 1 aromatic carbocycles. The van der Waals surface area contributed by atoms with Gasteiger partial charge in [0.1, 0.15) is 5.75 Å². The Bertz CT molecular complexity index is 318. The molecule has 1 unspecified atom stereocenters. The first-order chi connectivity index (χ1) is 8.61. The van der Waals surface area contributed by atoms with Gasteiger partial charge in [-0.2, -0.15) is 0 Å². The second-order valence-electron chi connectivity index (χ2n) is 5.47. The molecule has 2 N–H and O–H groups in total. The van der Waals surface area contributed by atoms with Crippen molar-refractivity contribution in [1.29, 1.82) is 0 Å². The van der Waals surface area contributed by atoms with Gasteiger partial charge in [-0.15, -0.1) is 0 Å². The summed E-state index contributed by atoms with van der Waals surface area (Å²) in [5.41, 5.74) is 7.48. The van der Waals surface area contributed by atoms with Crippen molar-refractivity contribution in [1.82, 2.24) is 0 Å². The normalized spacial score (nSPS) is 12.7. The van der Waals surface area contributed by atoms with Gasteiger partial charge in [0.15, 0.2) is 0 Å². The Morgan fingerprint density at radius 2 is 1.72 bits per heavy atom. The number of hydrogen-bond acceptors (Lipinski definition) is 2. The fraction of sp³-hybridized carbons (Fsp3) is 0.625. The summed E-state index contributed by atoms with van der Waals surface area (Å²) >= 11 is 0. The number of ether oxygens (including phenoxy) is 1. The Morgan fingerprint density at radius 1 is 1.06 bits per heavy atom. The highest BCUT2D eigenvalue weighted by Crippen LogP contribution is 2.14. The molecule has 0 aliphatic carbocycles. The van der Waals surface area contributed by atoms with E-state index in [1.165, 1.54) is 18.4 Å². The van der Waals surface area contributed by atoms with Gasteiger partial charge < -0.3 is 10.5 Å². The Labute approximate surface area is 112 Å². The molecular weight excluding hydrogens is 222 g/mol. The van der Waals surface area contributed by atoms with Crippen LogP contribution in [0.25, 0.3) is 0 Å². The summed E-state index contributed by atoms with van der Waals surface area (Å²) in [6.07, 6.45) is 5.82. The van der Waals surface area contributed by atoms with Crippen molar-refractivity contribution in [2.75, 3.05) is 7.11 Å². The maximum Gasteiger partial charge on any atom is 0.118 e. The summed E-state index contributed by atoms with van der Waals surface area (Å²) in [4.78, 5) is 0. The molecule has 0 radical (unpaired) electrons. The maximum atomic E-state index is 6.14. The fourth-order valence-electron chi connectivity index (χ4n) is 2.08. The molecule has 0 spiro atoms. The van der Waals surface area contributed by atoms with Crippen LogP contribution in [0.4, 0.5) is 0 Å². The fourth-order valence-corrected chi connectivity index (χ4v) is 2.08. The summed E-state index contributed by atoms with van der Waals surface area (Å²) < 4.78 is 5.15. The number of hydrogen-bond donors (Lipinski definition) is 1. The molecule has 18 heavy (non-hydrogen) atoms. The quantitative estimate of drug-likeness (QED) is 0.761. The summed E-state index contributed by atoms with van der Waals surface area (Å²) in [5, 5.41) is 0. The number of nitrogens with two attached hydrogens (primary N) is 1. The molecule has 0 bridgehead atoms. The molecule has 0 heterocycles. The van der Waals surface area contributed by atoms with Crippen LogP contribution in [0.1, 0.15) is 45.1 Å². The second-order valence-corrected chi connectivity index (χ2v) is 5.47. The van der Waals surface area contributed by atoms with Crippen LogP contribution in [0.2, 0.25) is 0 Å². The minimum absolute atomic E-state index is 0.339. The van der Waals surface area contributed by atoms with Crippen molar-refractivity contribution in [3.05, 3.63) is 29.8 Å². The van der Waals surface area contributed by atoms with Crippen molar-refractivity contribution in [2.24, 2.45) is 11.7 Å². The van der Waals surface area contributed by atoms with E-state index in [-0.39, 0.29) is 0 Å². The standard InChI is InChI=1S/C16H27NO/c1-13(2)5-4-6-15(17)10-7-14-8-11-16(18-3)12-9-14/h8-9,11-13,15H,4-7,10,17H2,1-3H3. The number of methoxy groups -OCH3 is 1. The third kappa shape index (κ3) is 6.06. The van der Waals surface area contributed by atoms with Crippen molar-refractivity contribution >= 4 is 0 Å². The van der Waals surface area contributed by atoms with E-state index >= 15 is 0 Å². The molecule has 0 saturated heterocycles.